The molecule has 4 aromatic rings. The van der Waals surface area contributed by atoms with E-state index in [1.807, 2.05) is 66.0 Å². The van der Waals surface area contributed by atoms with E-state index in [-0.39, 0.29) is 17.7 Å². The number of rotatable bonds is 8. The van der Waals surface area contributed by atoms with Gasteiger partial charge in [-0.1, -0.05) is 60.3 Å². The smallest absolute Gasteiger partial charge is 0.253 e. The van der Waals surface area contributed by atoms with E-state index in [9.17, 15) is 4.79 Å². The maximum atomic E-state index is 13.3. The molecule has 0 fully saturated rings. The Balaban J connectivity index is 1.31. The fourth-order valence-electron chi connectivity index (χ4n) is 3.82. The van der Waals surface area contributed by atoms with Crippen molar-refractivity contribution in [2.24, 2.45) is 5.10 Å². The van der Waals surface area contributed by atoms with Crippen LogP contribution in [0.15, 0.2) is 82.4 Å². The summed E-state index contributed by atoms with van der Waals surface area (Å²) in [6, 6.07) is 21.7. The average molecular weight is 490 g/mol. The lowest BCUT2D eigenvalue weighted by Crippen LogP contribution is -2.28. The summed E-state index contributed by atoms with van der Waals surface area (Å²) in [5.41, 5.74) is 2.94. The van der Waals surface area contributed by atoms with Gasteiger partial charge in [0.2, 0.25) is 5.16 Å². The van der Waals surface area contributed by atoms with Crippen LogP contribution < -0.4 is 4.74 Å². The summed E-state index contributed by atoms with van der Waals surface area (Å²) in [5.74, 6) is 1.69. The first-order chi connectivity index (χ1) is 16.7. The number of aromatic nitrogens is 3. The van der Waals surface area contributed by atoms with Gasteiger partial charge in [0.15, 0.2) is 0 Å². The van der Waals surface area contributed by atoms with Crippen LogP contribution in [0.3, 0.4) is 0 Å². The summed E-state index contributed by atoms with van der Waals surface area (Å²) in [5, 5.41) is 16.2. The van der Waals surface area contributed by atoms with Gasteiger partial charge < -0.3 is 4.74 Å². The molecule has 5 rings (SSSR count). The molecule has 1 aliphatic heterocycles. The van der Waals surface area contributed by atoms with Crippen molar-refractivity contribution in [3.63, 3.8) is 0 Å². The van der Waals surface area contributed by atoms with Crippen molar-refractivity contribution < 1.29 is 9.53 Å². The summed E-state index contributed by atoms with van der Waals surface area (Å²) in [4.78, 5) is 19.0. The molecule has 7 nitrogen and oxygen atoms in total. The van der Waals surface area contributed by atoms with Crippen LogP contribution in [-0.2, 0) is 11.2 Å². The van der Waals surface area contributed by atoms with Crippen molar-refractivity contribution in [2.75, 3.05) is 12.9 Å². The first-order valence-electron chi connectivity index (χ1n) is 10.8. The molecule has 1 unspecified atom stereocenters. The highest BCUT2D eigenvalue weighted by atomic mass is 32.2. The number of hydrogen-bond acceptors (Lipinski definition) is 7. The molecule has 2 aromatic carbocycles. The second-order valence-electron chi connectivity index (χ2n) is 7.75. The third-order valence-corrected chi connectivity index (χ3v) is 7.24. The molecular formula is C25H23N5O2S2. The first kappa shape index (κ1) is 22.4. The standard InChI is InChI=1S/C25H23N5O2S2/c1-32-19-11-9-18(10-12-19)22-15-21(17-6-3-2-4-7-17)29-30(22)24(31)16-34-25-26-23(27-28-25)14-20-8-5-13-33-20/h2-13,22H,14-16H2,1H3,(H,26,27,28). The van der Waals surface area contributed by atoms with Crippen molar-refractivity contribution in [1.82, 2.24) is 20.2 Å². The van der Waals surface area contributed by atoms with Crippen LogP contribution in [0.1, 0.15) is 34.3 Å². The third-order valence-electron chi connectivity index (χ3n) is 5.53. The Morgan fingerprint density at radius 2 is 1.97 bits per heavy atom. The maximum absolute atomic E-state index is 13.3. The molecule has 3 heterocycles. The minimum atomic E-state index is -0.171. The number of carbonyl (C=O) groups excluding carboxylic acids is 1. The monoisotopic (exact) mass is 489 g/mol. The first-order valence-corrected chi connectivity index (χ1v) is 12.7. The van der Waals surface area contributed by atoms with Crippen molar-refractivity contribution in [3.05, 3.63) is 93.9 Å². The van der Waals surface area contributed by atoms with E-state index in [0.29, 0.717) is 18.0 Å². The zero-order valence-corrected chi connectivity index (χ0v) is 20.2. The van der Waals surface area contributed by atoms with Crippen molar-refractivity contribution >= 4 is 34.7 Å². The number of nitrogens with zero attached hydrogens (tertiary/aromatic N) is 4. The predicted octanol–water partition coefficient (Wildman–Crippen LogP) is 4.94. The Morgan fingerprint density at radius 3 is 2.71 bits per heavy atom. The minimum absolute atomic E-state index is 0.0821. The van der Waals surface area contributed by atoms with Gasteiger partial charge >= 0.3 is 0 Å². The fraction of sp³-hybridized carbons (Fsp3) is 0.200. The van der Waals surface area contributed by atoms with E-state index < -0.39 is 0 Å². The van der Waals surface area contributed by atoms with Crippen LogP contribution in [0.25, 0.3) is 0 Å². The van der Waals surface area contributed by atoms with Crippen molar-refractivity contribution in [1.29, 1.82) is 0 Å². The topological polar surface area (TPSA) is 83.5 Å². The summed E-state index contributed by atoms with van der Waals surface area (Å²) in [6.07, 6.45) is 1.36. The van der Waals surface area contributed by atoms with Crippen LogP contribution >= 0.6 is 23.1 Å². The molecule has 1 aliphatic rings. The van der Waals surface area contributed by atoms with Crippen LogP contribution in [0.5, 0.6) is 5.75 Å². The molecule has 34 heavy (non-hydrogen) atoms. The van der Waals surface area contributed by atoms with Gasteiger partial charge in [0, 0.05) is 17.7 Å². The molecule has 9 heteroatoms. The number of methoxy groups -OCH3 is 1. The minimum Gasteiger partial charge on any atom is -0.497 e. The number of amides is 1. The number of thioether (sulfide) groups is 1. The number of hydrogen-bond donors (Lipinski definition) is 1. The average Bonchev–Trinajstić information content (AvgIpc) is 3.65. The molecule has 2 aromatic heterocycles. The van der Waals surface area contributed by atoms with Gasteiger partial charge in [0.1, 0.15) is 11.6 Å². The van der Waals surface area contributed by atoms with Crippen molar-refractivity contribution in [2.45, 2.75) is 24.0 Å². The Kier molecular flexibility index (Phi) is 6.73. The SMILES string of the molecule is COc1ccc(C2CC(c3ccccc3)=NN2C(=O)CSc2n[nH]c(Cc3cccs3)n2)cc1. The summed E-state index contributed by atoms with van der Waals surface area (Å²) < 4.78 is 5.29. The quantitative estimate of drug-likeness (QED) is 0.355. The lowest BCUT2D eigenvalue weighted by atomic mass is 9.98. The van der Waals surface area contributed by atoms with Gasteiger partial charge in [0.05, 0.1) is 24.6 Å². The number of carbonyl (C=O) groups is 1. The Hall–Kier alpha value is -3.43. The maximum Gasteiger partial charge on any atom is 0.253 e. The Morgan fingerprint density at radius 1 is 1.15 bits per heavy atom. The summed E-state index contributed by atoms with van der Waals surface area (Å²) in [6.45, 7) is 0. The fourth-order valence-corrected chi connectivity index (χ4v) is 5.20. The van der Waals surface area contributed by atoms with Crippen LogP contribution in [0.2, 0.25) is 0 Å². The van der Waals surface area contributed by atoms with Crippen LogP contribution in [0.4, 0.5) is 0 Å². The molecule has 0 saturated heterocycles. The molecule has 1 amide bonds. The molecule has 172 valence electrons. The second kappa shape index (κ2) is 10.2. The van der Waals surface area contributed by atoms with E-state index in [1.165, 1.54) is 16.6 Å². The van der Waals surface area contributed by atoms with E-state index in [2.05, 4.69) is 21.2 Å². The summed E-state index contributed by atoms with van der Waals surface area (Å²) in [7, 11) is 1.64. The number of H-pyrrole nitrogens is 1. The number of benzene rings is 2. The van der Waals surface area contributed by atoms with Crippen LogP contribution in [0, 0.1) is 0 Å². The highest BCUT2D eigenvalue weighted by molar-refractivity contribution is 7.99. The number of nitrogens with one attached hydrogen (secondary N) is 1. The van der Waals surface area contributed by atoms with Gasteiger partial charge in [0.25, 0.3) is 5.91 Å². The van der Waals surface area contributed by atoms with E-state index in [4.69, 9.17) is 9.84 Å². The summed E-state index contributed by atoms with van der Waals surface area (Å²) >= 11 is 3.00. The van der Waals surface area contributed by atoms with Crippen LogP contribution in [-0.4, -0.2) is 44.7 Å². The lowest BCUT2D eigenvalue weighted by Gasteiger charge is -2.22. The number of ether oxygens (including phenoxy) is 1. The molecule has 0 spiro atoms. The highest BCUT2D eigenvalue weighted by Gasteiger charge is 2.33. The molecule has 0 radical (unpaired) electrons. The largest absolute Gasteiger partial charge is 0.497 e. The molecule has 0 bridgehead atoms. The Labute approximate surface area is 205 Å². The van der Waals surface area contributed by atoms with Gasteiger partial charge in [-0.15, -0.1) is 16.4 Å². The molecular weight excluding hydrogens is 466 g/mol. The van der Waals surface area contributed by atoms with E-state index in [0.717, 1.165) is 28.4 Å². The number of hydrazone groups is 1. The molecule has 0 saturated carbocycles. The normalized spacial score (nSPS) is 15.4. The van der Waals surface area contributed by atoms with Gasteiger partial charge in [-0.25, -0.2) is 9.99 Å². The van der Waals surface area contributed by atoms with Gasteiger partial charge in [-0.2, -0.15) is 5.10 Å². The highest BCUT2D eigenvalue weighted by Crippen LogP contribution is 2.34. The number of thiophene rings is 1. The van der Waals surface area contributed by atoms with Gasteiger partial charge in [-0.3, -0.25) is 9.89 Å². The zero-order valence-electron chi connectivity index (χ0n) is 18.5. The number of aromatic amines is 1. The Bertz CT molecular complexity index is 1270. The van der Waals surface area contributed by atoms with E-state index in [1.54, 1.807) is 23.5 Å². The van der Waals surface area contributed by atoms with Gasteiger partial charge in [-0.05, 0) is 34.7 Å². The third kappa shape index (κ3) is 5.05. The zero-order chi connectivity index (χ0) is 23.3. The van der Waals surface area contributed by atoms with Crippen molar-refractivity contribution in [3.8, 4) is 5.75 Å². The molecule has 1 atom stereocenters. The molecule has 0 aliphatic carbocycles. The van der Waals surface area contributed by atoms with E-state index >= 15 is 0 Å². The lowest BCUT2D eigenvalue weighted by molar-refractivity contribution is -0.130. The predicted molar refractivity (Wildman–Crippen MR) is 134 cm³/mol. The molecule has 1 N–H and O–H groups in total. The second-order valence-corrected chi connectivity index (χ2v) is 9.73.